The first-order valence-corrected chi connectivity index (χ1v) is 8.49. The molecular weight excluding hydrogens is 341 g/mol. The van der Waals surface area contributed by atoms with Crippen LogP contribution in [0, 0.1) is 12.7 Å². The van der Waals surface area contributed by atoms with Crippen LogP contribution < -0.4 is 5.56 Å². The van der Waals surface area contributed by atoms with Gasteiger partial charge in [0.2, 0.25) is 0 Å². The lowest BCUT2D eigenvalue weighted by Crippen LogP contribution is -2.20. The summed E-state index contributed by atoms with van der Waals surface area (Å²) in [6.07, 6.45) is 4.94. The summed E-state index contributed by atoms with van der Waals surface area (Å²) in [5.41, 5.74) is 3.22. The number of hydrogen-bond acceptors (Lipinski definition) is 3. The highest BCUT2D eigenvalue weighted by Gasteiger charge is 2.14. The molecule has 0 aliphatic rings. The van der Waals surface area contributed by atoms with Crippen LogP contribution in [0.25, 0.3) is 28.2 Å². The standard InChI is InChI=1S/C22H16FN3O/c1-15-6-2-3-9-19(15)20-12-16(21-24-10-5-11-25-21)14-26(22(20)27)18-8-4-7-17(23)13-18/h2-14H,1H3. The van der Waals surface area contributed by atoms with Crippen LogP contribution in [-0.4, -0.2) is 14.5 Å². The number of rotatable bonds is 3. The van der Waals surface area contributed by atoms with Gasteiger partial charge < -0.3 is 0 Å². The third-order valence-electron chi connectivity index (χ3n) is 4.36. The lowest BCUT2D eigenvalue weighted by atomic mass is 10.00. The average Bonchev–Trinajstić information content (AvgIpc) is 2.69. The van der Waals surface area contributed by atoms with Crippen LogP contribution in [0.4, 0.5) is 4.39 Å². The summed E-state index contributed by atoms with van der Waals surface area (Å²) in [5.74, 6) is 0.0932. The Morgan fingerprint density at radius 2 is 1.67 bits per heavy atom. The first-order valence-electron chi connectivity index (χ1n) is 8.49. The van der Waals surface area contributed by atoms with Crippen molar-refractivity contribution in [1.29, 1.82) is 0 Å². The van der Waals surface area contributed by atoms with Crippen LogP contribution in [-0.2, 0) is 0 Å². The quantitative estimate of drug-likeness (QED) is 0.546. The molecule has 0 aliphatic heterocycles. The molecule has 0 atom stereocenters. The fourth-order valence-corrected chi connectivity index (χ4v) is 3.04. The zero-order valence-corrected chi connectivity index (χ0v) is 14.6. The van der Waals surface area contributed by atoms with E-state index in [4.69, 9.17) is 0 Å². The first-order chi connectivity index (χ1) is 13.1. The van der Waals surface area contributed by atoms with Crippen LogP contribution in [0.1, 0.15) is 5.56 Å². The molecule has 2 heterocycles. The molecule has 0 radical (unpaired) electrons. The van der Waals surface area contributed by atoms with Gasteiger partial charge in [-0.05, 0) is 48.4 Å². The highest BCUT2D eigenvalue weighted by atomic mass is 19.1. The van der Waals surface area contributed by atoms with E-state index in [0.29, 0.717) is 22.6 Å². The Balaban J connectivity index is 2.03. The van der Waals surface area contributed by atoms with Gasteiger partial charge in [-0.1, -0.05) is 30.3 Å². The van der Waals surface area contributed by atoms with Crippen LogP contribution in [0.5, 0.6) is 0 Å². The first kappa shape index (κ1) is 16.8. The van der Waals surface area contributed by atoms with Crippen molar-refractivity contribution in [2.75, 3.05) is 0 Å². The molecule has 4 aromatic rings. The molecule has 0 saturated carbocycles. The van der Waals surface area contributed by atoms with E-state index in [9.17, 15) is 9.18 Å². The van der Waals surface area contributed by atoms with Crippen LogP contribution >= 0.6 is 0 Å². The van der Waals surface area contributed by atoms with E-state index in [-0.39, 0.29) is 5.56 Å². The highest BCUT2D eigenvalue weighted by Crippen LogP contribution is 2.25. The third kappa shape index (κ3) is 3.27. The molecule has 0 aliphatic carbocycles. The molecule has 4 nitrogen and oxygen atoms in total. The molecule has 0 N–H and O–H groups in total. The van der Waals surface area contributed by atoms with Crippen molar-refractivity contribution in [2.24, 2.45) is 0 Å². The number of benzene rings is 2. The van der Waals surface area contributed by atoms with Crippen LogP contribution in [0.15, 0.2) is 84.0 Å². The van der Waals surface area contributed by atoms with Gasteiger partial charge in [-0.2, -0.15) is 0 Å². The van der Waals surface area contributed by atoms with E-state index in [1.165, 1.54) is 16.7 Å². The second-order valence-corrected chi connectivity index (χ2v) is 6.18. The molecule has 4 rings (SSSR count). The Kier molecular flexibility index (Phi) is 4.34. The molecule has 0 fully saturated rings. The van der Waals surface area contributed by atoms with Gasteiger partial charge in [0.15, 0.2) is 5.82 Å². The van der Waals surface area contributed by atoms with E-state index in [2.05, 4.69) is 9.97 Å². The van der Waals surface area contributed by atoms with Gasteiger partial charge in [0.1, 0.15) is 5.82 Å². The minimum atomic E-state index is -0.404. The Bertz CT molecular complexity index is 1170. The smallest absolute Gasteiger partial charge is 0.263 e. The van der Waals surface area contributed by atoms with Gasteiger partial charge >= 0.3 is 0 Å². The maximum Gasteiger partial charge on any atom is 0.263 e. The molecule has 132 valence electrons. The van der Waals surface area contributed by atoms with Crippen molar-refractivity contribution in [3.05, 3.63) is 101 Å². The monoisotopic (exact) mass is 357 g/mol. The molecule has 0 amide bonds. The minimum absolute atomic E-state index is 0.227. The average molecular weight is 357 g/mol. The fourth-order valence-electron chi connectivity index (χ4n) is 3.04. The van der Waals surface area contributed by atoms with Gasteiger partial charge in [-0.15, -0.1) is 0 Å². The fraction of sp³-hybridized carbons (Fsp3) is 0.0455. The second kappa shape index (κ2) is 6.96. The zero-order valence-electron chi connectivity index (χ0n) is 14.6. The summed E-state index contributed by atoms with van der Waals surface area (Å²) in [7, 11) is 0. The Labute approximate surface area is 155 Å². The normalized spacial score (nSPS) is 10.7. The molecule has 0 spiro atoms. The van der Waals surface area contributed by atoms with Crippen molar-refractivity contribution in [1.82, 2.24) is 14.5 Å². The van der Waals surface area contributed by atoms with Crippen molar-refractivity contribution >= 4 is 0 Å². The lowest BCUT2D eigenvalue weighted by Gasteiger charge is -2.13. The third-order valence-corrected chi connectivity index (χ3v) is 4.36. The van der Waals surface area contributed by atoms with Gasteiger partial charge in [0, 0.05) is 29.7 Å². The number of pyridine rings is 1. The predicted octanol–water partition coefficient (Wildman–Crippen LogP) is 4.41. The summed E-state index contributed by atoms with van der Waals surface area (Å²) in [6, 6.07) is 17.1. The van der Waals surface area contributed by atoms with Crippen LogP contribution in [0.2, 0.25) is 0 Å². The van der Waals surface area contributed by atoms with Crippen molar-refractivity contribution in [2.45, 2.75) is 6.92 Å². The molecule has 2 aromatic carbocycles. The summed E-state index contributed by atoms with van der Waals surface area (Å²) in [5, 5.41) is 0. The number of hydrogen-bond donors (Lipinski definition) is 0. The molecule has 2 aromatic heterocycles. The molecule has 27 heavy (non-hydrogen) atoms. The summed E-state index contributed by atoms with van der Waals surface area (Å²) >= 11 is 0. The number of halogens is 1. The van der Waals surface area contributed by atoms with Gasteiger partial charge in [-0.25, -0.2) is 14.4 Å². The van der Waals surface area contributed by atoms with Crippen molar-refractivity contribution < 1.29 is 4.39 Å². The van der Waals surface area contributed by atoms with E-state index < -0.39 is 5.82 Å². The zero-order chi connectivity index (χ0) is 18.8. The topological polar surface area (TPSA) is 47.8 Å². The van der Waals surface area contributed by atoms with Crippen molar-refractivity contribution in [3.63, 3.8) is 0 Å². The molecule has 0 saturated heterocycles. The SMILES string of the molecule is Cc1ccccc1-c1cc(-c2ncccn2)cn(-c2cccc(F)c2)c1=O. The molecular formula is C22H16FN3O. The van der Waals surface area contributed by atoms with E-state index in [1.54, 1.807) is 42.9 Å². The van der Waals surface area contributed by atoms with Crippen LogP contribution in [0.3, 0.4) is 0 Å². The van der Waals surface area contributed by atoms with Gasteiger partial charge in [0.05, 0.1) is 5.69 Å². The molecule has 0 bridgehead atoms. The largest absolute Gasteiger partial charge is 0.283 e. The Morgan fingerprint density at radius 1 is 0.889 bits per heavy atom. The van der Waals surface area contributed by atoms with Crippen molar-refractivity contribution in [3.8, 4) is 28.2 Å². The van der Waals surface area contributed by atoms with Gasteiger partial charge in [-0.3, -0.25) is 9.36 Å². The Morgan fingerprint density at radius 3 is 2.41 bits per heavy atom. The Hall–Kier alpha value is -3.60. The lowest BCUT2D eigenvalue weighted by molar-refractivity contribution is 0.626. The maximum atomic E-state index is 13.8. The van der Waals surface area contributed by atoms with E-state index in [0.717, 1.165) is 11.1 Å². The number of aryl methyl sites for hydroxylation is 1. The second-order valence-electron chi connectivity index (χ2n) is 6.18. The van der Waals surface area contributed by atoms with E-state index in [1.807, 2.05) is 31.2 Å². The van der Waals surface area contributed by atoms with E-state index >= 15 is 0 Å². The number of aromatic nitrogens is 3. The molecule has 0 unspecified atom stereocenters. The summed E-state index contributed by atoms with van der Waals surface area (Å²) < 4.78 is 15.2. The maximum absolute atomic E-state index is 13.8. The minimum Gasteiger partial charge on any atom is -0.283 e. The van der Waals surface area contributed by atoms with Gasteiger partial charge in [0.25, 0.3) is 5.56 Å². The summed E-state index contributed by atoms with van der Waals surface area (Å²) in [4.78, 5) is 21.8. The predicted molar refractivity (Wildman–Crippen MR) is 103 cm³/mol. The summed E-state index contributed by atoms with van der Waals surface area (Å²) in [6.45, 7) is 1.95. The molecule has 5 heteroatoms. The number of nitrogens with zero attached hydrogens (tertiary/aromatic N) is 3. The highest BCUT2D eigenvalue weighted by molar-refractivity contribution is 5.71.